The second kappa shape index (κ2) is 10.2. The van der Waals surface area contributed by atoms with Gasteiger partial charge in [0.25, 0.3) is 0 Å². The lowest BCUT2D eigenvalue weighted by atomic mass is 10.0. The number of benzene rings is 2. The van der Waals surface area contributed by atoms with Gasteiger partial charge < -0.3 is 10.7 Å². The van der Waals surface area contributed by atoms with Crippen molar-refractivity contribution in [2.45, 2.75) is 65.3 Å². The summed E-state index contributed by atoms with van der Waals surface area (Å²) in [5, 5.41) is 0. The van der Waals surface area contributed by atoms with E-state index in [1.807, 2.05) is 0 Å². The fourth-order valence-corrected chi connectivity index (χ4v) is 3.69. The first-order valence-corrected chi connectivity index (χ1v) is 10.6. The number of aromatic amines is 1. The van der Waals surface area contributed by atoms with Crippen molar-refractivity contribution >= 4 is 0 Å². The number of nitrogens with one attached hydrogen (secondary N) is 1. The van der Waals surface area contributed by atoms with Crippen LogP contribution in [-0.4, -0.2) is 9.97 Å². The molecule has 28 heavy (non-hydrogen) atoms. The Hall–Kier alpha value is -2.39. The third kappa shape index (κ3) is 5.32. The summed E-state index contributed by atoms with van der Waals surface area (Å²) in [5.74, 6) is 1.04. The van der Waals surface area contributed by atoms with Gasteiger partial charge in [-0.1, -0.05) is 86.7 Å². The highest BCUT2D eigenvalue weighted by Gasteiger charge is 2.15. The highest BCUT2D eigenvalue weighted by Crippen LogP contribution is 2.27. The topological polar surface area (TPSA) is 54.7 Å². The molecule has 2 aromatic carbocycles. The van der Waals surface area contributed by atoms with Crippen molar-refractivity contribution in [3.63, 3.8) is 0 Å². The Morgan fingerprint density at radius 1 is 0.929 bits per heavy atom. The number of aromatic nitrogens is 2. The van der Waals surface area contributed by atoms with Crippen molar-refractivity contribution in [2.24, 2.45) is 5.73 Å². The van der Waals surface area contributed by atoms with Crippen molar-refractivity contribution in [2.75, 3.05) is 0 Å². The lowest BCUT2D eigenvalue weighted by Crippen LogP contribution is -2.00. The summed E-state index contributed by atoms with van der Waals surface area (Å²) >= 11 is 0. The fourth-order valence-electron chi connectivity index (χ4n) is 3.69. The Bertz CT molecular complexity index is 862. The Labute approximate surface area is 169 Å². The zero-order valence-corrected chi connectivity index (χ0v) is 17.3. The molecule has 0 amide bonds. The predicted molar refractivity (Wildman–Crippen MR) is 118 cm³/mol. The molecule has 0 atom stereocenters. The molecule has 3 nitrogen and oxygen atoms in total. The molecule has 0 aliphatic heterocycles. The van der Waals surface area contributed by atoms with Gasteiger partial charge in [0, 0.05) is 24.2 Å². The van der Waals surface area contributed by atoms with E-state index in [9.17, 15) is 0 Å². The first kappa shape index (κ1) is 20.3. The zero-order valence-electron chi connectivity index (χ0n) is 17.3. The third-order valence-corrected chi connectivity index (χ3v) is 5.34. The van der Waals surface area contributed by atoms with Crippen molar-refractivity contribution < 1.29 is 0 Å². The largest absolute Gasteiger partial charge is 0.345 e. The smallest absolute Gasteiger partial charge is 0.111 e. The molecule has 0 fully saturated rings. The first-order chi connectivity index (χ1) is 13.7. The Balaban J connectivity index is 1.84. The fraction of sp³-hybridized carbons (Fsp3) is 0.400. The first-order valence-electron chi connectivity index (χ1n) is 10.6. The van der Waals surface area contributed by atoms with Gasteiger partial charge in [-0.3, -0.25) is 0 Å². The van der Waals surface area contributed by atoms with Crippen LogP contribution in [0.15, 0.2) is 48.5 Å². The van der Waals surface area contributed by atoms with E-state index in [4.69, 9.17) is 10.7 Å². The number of imidazole rings is 1. The van der Waals surface area contributed by atoms with Gasteiger partial charge in [-0.15, -0.1) is 0 Å². The summed E-state index contributed by atoms with van der Waals surface area (Å²) in [6.07, 6.45) is 8.26. The summed E-state index contributed by atoms with van der Waals surface area (Å²) in [6.45, 7) is 4.91. The third-order valence-electron chi connectivity index (χ3n) is 5.34. The van der Waals surface area contributed by atoms with Gasteiger partial charge >= 0.3 is 0 Å². The monoisotopic (exact) mass is 375 g/mol. The van der Waals surface area contributed by atoms with Crippen LogP contribution in [0.25, 0.3) is 11.3 Å². The van der Waals surface area contributed by atoms with Gasteiger partial charge in [-0.2, -0.15) is 0 Å². The molecule has 0 unspecified atom stereocenters. The van der Waals surface area contributed by atoms with E-state index < -0.39 is 0 Å². The molecule has 1 aromatic heterocycles. The Morgan fingerprint density at radius 2 is 1.68 bits per heavy atom. The van der Waals surface area contributed by atoms with E-state index in [2.05, 4.69) is 67.4 Å². The van der Waals surface area contributed by atoms with E-state index in [1.165, 1.54) is 54.5 Å². The van der Waals surface area contributed by atoms with E-state index in [0.29, 0.717) is 6.54 Å². The normalized spacial score (nSPS) is 11.1. The maximum Gasteiger partial charge on any atom is 0.111 e. The number of hydrogen-bond acceptors (Lipinski definition) is 2. The summed E-state index contributed by atoms with van der Waals surface area (Å²) in [4.78, 5) is 8.64. The minimum absolute atomic E-state index is 0.534. The molecule has 3 rings (SSSR count). The molecule has 0 saturated heterocycles. The number of nitrogens with two attached hydrogens (primary N) is 1. The summed E-state index contributed by atoms with van der Waals surface area (Å²) in [7, 11) is 0. The van der Waals surface area contributed by atoms with Gasteiger partial charge in [-0.25, -0.2) is 4.98 Å². The molecule has 148 valence electrons. The number of hydrogen-bond donors (Lipinski definition) is 2. The van der Waals surface area contributed by atoms with E-state index in [1.54, 1.807) is 0 Å². The lowest BCUT2D eigenvalue weighted by Gasteiger charge is -2.07. The van der Waals surface area contributed by atoms with Crippen molar-refractivity contribution in [3.05, 3.63) is 76.7 Å². The van der Waals surface area contributed by atoms with Gasteiger partial charge in [0.2, 0.25) is 0 Å². The maximum atomic E-state index is 6.00. The molecule has 1 heterocycles. The molecular weight excluding hydrogens is 342 g/mol. The lowest BCUT2D eigenvalue weighted by molar-refractivity contribution is 0.629. The SMILES string of the molecule is CCCCCCCc1[nH]c(Cc2ccc(C)cc2)nc1-c1ccccc1CN. The Kier molecular flexibility index (Phi) is 7.44. The molecule has 3 N–H and O–H groups in total. The molecule has 3 heteroatoms. The average Bonchev–Trinajstić information content (AvgIpc) is 3.12. The van der Waals surface area contributed by atoms with Crippen molar-refractivity contribution in [1.82, 2.24) is 9.97 Å². The van der Waals surface area contributed by atoms with Crippen molar-refractivity contribution in [1.29, 1.82) is 0 Å². The number of aryl methyl sites for hydroxylation is 2. The minimum Gasteiger partial charge on any atom is -0.345 e. The molecule has 0 radical (unpaired) electrons. The number of H-pyrrole nitrogens is 1. The van der Waals surface area contributed by atoms with E-state index in [0.717, 1.165) is 29.9 Å². The number of unbranched alkanes of at least 4 members (excludes halogenated alkanes) is 4. The van der Waals surface area contributed by atoms with Crippen molar-refractivity contribution in [3.8, 4) is 11.3 Å². The molecule has 0 aliphatic carbocycles. The highest BCUT2D eigenvalue weighted by atomic mass is 14.9. The zero-order chi connectivity index (χ0) is 19.8. The van der Waals surface area contributed by atoms with Gasteiger partial charge in [0.1, 0.15) is 5.82 Å². The second-order valence-electron chi connectivity index (χ2n) is 7.70. The van der Waals surface area contributed by atoms with Crippen LogP contribution < -0.4 is 5.73 Å². The van der Waals surface area contributed by atoms with Crippen LogP contribution in [0.2, 0.25) is 0 Å². The second-order valence-corrected chi connectivity index (χ2v) is 7.70. The van der Waals surface area contributed by atoms with E-state index >= 15 is 0 Å². The van der Waals surface area contributed by atoms with Gasteiger partial charge in [0.05, 0.1) is 5.69 Å². The molecule has 0 aliphatic rings. The molecule has 0 spiro atoms. The minimum atomic E-state index is 0.534. The van der Waals surface area contributed by atoms with E-state index in [-0.39, 0.29) is 0 Å². The quantitative estimate of drug-likeness (QED) is 0.430. The number of nitrogens with zero attached hydrogens (tertiary/aromatic N) is 1. The predicted octanol–water partition coefficient (Wildman–Crippen LogP) is 5.95. The summed E-state index contributed by atoms with van der Waals surface area (Å²) in [5.41, 5.74) is 13.2. The van der Waals surface area contributed by atoms with Crippen LogP contribution in [0.4, 0.5) is 0 Å². The van der Waals surface area contributed by atoms with Gasteiger partial charge in [-0.05, 0) is 30.9 Å². The van der Waals surface area contributed by atoms with Crippen LogP contribution in [-0.2, 0) is 19.4 Å². The highest BCUT2D eigenvalue weighted by molar-refractivity contribution is 5.66. The molecular formula is C25H33N3. The van der Waals surface area contributed by atoms with Crippen LogP contribution >= 0.6 is 0 Å². The molecule has 0 bridgehead atoms. The molecule has 0 saturated carbocycles. The number of rotatable bonds is 10. The Morgan fingerprint density at radius 3 is 2.43 bits per heavy atom. The van der Waals surface area contributed by atoms with Crippen LogP contribution in [0.3, 0.4) is 0 Å². The summed E-state index contributed by atoms with van der Waals surface area (Å²) in [6, 6.07) is 17.1. The van der Waals surface area contributed by atoms with Crippen LogP contribution in [0.1, 0.15) is 67.2 Å². The average molecular weight is 376 g/mol. The summed E-state index contributed by atoms with van der Waals surface area (Å²) < 4.78 is 0. The maximum absolute atomic E-state index is 6.00. The van der Waals surface area contributed by atoms with Gasteiger partial charge in [0.15, 0.2) is 0 Å². The molecule has 3 aromatic rings. The van der Waals surface area contributed by atoms with Crippen LogP contribution in [0.5, 0.6) is 0 Å². The van der Waals surface area contributed by atoms with Crippen LogP contribution in [0, 0.1) is 6.92 Å². The standard InChI is InChI=1S/C25H33N3/c1-3-4-5-6-7-12-23-25(22-11-9-8-10-21(22)18-26)28-24(27-23)17-20-15-13-19(2)14-16-20/h8-11,13-16H,3-7,12,17-18,26H2,1-2H3,(H,27,28).